The molecule has 1 aromatic rings. The smallest absolute Gasteiger partial charge is 0.441 e. The van der Waals surface area contributed by atoms with E-state index in [-0.39, 0.29) is 35.1 Å². The Labute approximate surface area is 121 Å². The number of carbonyl (C=O) groups is 1. The number of ether oxygens (including phenoxy) is 2. The molecule has 112 valence electrons. The van der Waals surface area contributed by atoms with E-state index in [1.54, 1.807) is 0 Å². The Morgan fingerprint density at radius 1 is 1.60 bits per heavy atom. The highest BCUT2D eigenvalue weighted by molar-refractivity contribution is 8.00. The Kier molecular flexibility index (Phi) is 5.28. The third-order valence-corrected chi connectivity index (χ3v) is 4.28. The van der Waals surface area contributed by atoms with Crippen LogP contribution >= 0.6 is 23.1 Å². The molecule has 0 spiro atoms. The van der Waals surface area contributed by atoms with Gasteiger partial charge in [0.05, 0.1) is 6.20 Å². The fourth-order valence-corrected chi connectivity index (χ4v) is 2.96. The molecule has 0 aromatic carbocycles. The van der Waals surface area contributed by atoms with Crippen molar-refractivity contribution in [1.82, 2.24) is 4.98 Å². The molecular formula is C11H12F3NO3S2. The van der Waals surface area contributed by atoms with E-state index in [0.717, 1.165) is 24.2 Å². The number of rotatable bonds is 5. The van der Waals surface area contributed by atoms with Gasteiger partial charge in [0.15, 0.2) is 0 Å². The molecule has 0 bridgehead atoms. The van der Waals surface area contributed by atoms with Crippen molar-refractivity contribution in [2.45, 2.75) is 24.5 Å². The van der Waals surface area contributed by atoms with Crippen LogP contribution in [-0.2, 0) is 9.47 Å². The van der Waals surface area contributed by atoms with Crippen LogP contribution in [0.25, 0.3) is 0 Å². The number of hydrogen-bond acceptors (Lipinski definition) is 6. The number of esters is 1. The van der Waals surface area contributed by atoms with Crippen molar-refractivity contribution in [2.75, 3.05) is 19.0 Å². The first-order chi connectivity index (χ1) is 9.46. The van der Waals surface area contributed by atoms with Gasteiger partial charge in [0.1, 0.15) is 22.6 Å². The Balaban J connectivity index is 1.78. The number of alkyl halides is 3. The lowest BCUT2D eigenvalue weighted by Gasteiger charge is -2.05. The number of nitrogens with zero attached hydrogens (tertiary/aromatic N) is 1. The molecule has 1 fully saturated rings. The Bertz CT molecular complexity index is 458. The summed E-state index contributed by atoms with van der Waals surface area (Å²) in [7, 11) is 0. The van der Waals surface area contributed by atoms with Crippen LogP contribution in [0.1, 0.15) is 33.6 Å². The molecule has 20 heavy (non-hydrogen) atoms. The van der Waals surface area contributed by atoms with Gasteiger partial charge in [-0.2, -0.15) is 13.2 Å². The maximum absolute atomic E-state index is 11.9. The molecule has 1 aliphatic heterocycles. The lowest BCUT2D eigenvalue weighted by Crippen LogP contribution is -2.09. The van der Waals surface area contributed by atoms with E-state index in [9.17, 15) is 18.0 Å². The first kappa shape index (κ1) is 15.6. The van der Waals surface area contributed by atoms with Crippen LogP contribution in [0.5, 0.6) is 0 Å². The molecule has 1 saturated heterocycles. The highest BCUT2D eigenvalue weighted by Crippen LogP contribution is 2.32. The number of carbonyl (C=O) groups excluding carboxylic acids is 1. The second kappa shape index (κ2) is 6.77. The van der Waals surface area contributed by atoms with E-state index in [4.69, 9.17) is 9.47 Å². The average Bonchev–Trinajstić information content (AvgIpc) is 3.02. The minimum absolute atomic E-state index is 0.0812. The van der Waals surface area contributed by atoms with Gasteiger partial charge in [-0.15, -0.1) is 11.3 Å². The zero-order valence-electron chi connectivity index (χ0n) is 10.3. The number of aromatic nitrogens is 1. The topological polar surface area (TPSA) is 48.4 Å². The lowest BCUT2D eigenvalue weighted by molar-refractivity contribution is -0.0331. The fourth-order valence-electron chi connectivity index (χ4n) is 1.67. The first-order valence-corrected chi connectivity index (χ1v) is 7.71. The van der Waals surface area contributed by atoms with E-state index < -0.39 is 11.5 Å². The molecule has 4 nitrogen and oxygen atoms in total. The van der Waals surface area contributed by atoms with Crippen LogP contribution in [0.3, 0.4) is 0 Å². The van der Waals surface area contributed by atoms with Gasteiger partial charge < -0.3 is 9.47 Å². The molecule has 0 amide bonds. The van der Waals surface area contributed by atoms with Gasteiger partial charge in [0.2, 0.25) is 0 Å². The maximum atomic E-state index is 11.9. The van der Waals surface area contributed by atoms with Crippen LogP contribution < -0.4 is 0 Å². The molecule has 1 aromatic heterocycles. The molecular weight excluding hydrogens is 315 g/mol. The fraction of sp³-hybridized carbons (Fsp3) is 0.636. The van der Waals surface area contributed by atoms with Crippen molar-refractivity contribution >= 4 is 29.1 Å². The molecule has 0 aliphatic carbocycles. The summed E-state index contributed by atoms with van der Waals surface area (Å²) >= 11 is 0.949. The highest BCUT2D eigenvalue weighted by Gasteiger charge is 2.28. The van der Waals surface area contributed by atoms with Crippen LogP contribution in [0.2, 0.25) is 0 Å². The number of halogens is 3. The minimum atomic E-state index is -4.30. The van der Waals surface area contributed by atoms with Gasteiger partial charge in [0.25, 0.3) is 0 Å². The van der Waals surface area contributed by atoms with Crippen LogP contribution in [0.4, 0.5) is 13.2 Å². The molecule has 2 rings (SSSR count). The van der Waals surface area contributed by atoms with Crippen LogP contribution in [-0.4, -0.2) is 35.4 Å². The lowest BCUT2D eigenvalue weighted by atomic mass is 10.2. The van der Waals surface area contributed by atoms with E-state index in [1.165, 1.54) is 6.20 Å². The quantitative estimate of drug-likeness (QED) is 0.613. The predicted molar refractivity (Wildman–Crippen MR) is 68.8 cm³/mol. The maximum Gasteiger partial charge on any atom is 0.441 e. The van der Waals surface area contributed by atoms with E-state index >= 15 is 0 Å². The van der Waals surface area contributed by atoms with E-state index in [2.05, 4.69) is 4.98 Å². The summed E-state index contributed by atoms with van der Waals surface area (Å²) in [5, 5.41) is 0.708. The summed E-state index contributed by atoms with van der Waals surface area (Å²) < 4.78 is 45.8. The normalized spacial score (nSPS) is 19.2. The first-order valence-electron chi connectivity index (χ1n) is 5.91. The average molecular weight is 327 g/mol. The molecule has 1 unspecified atom stereocenters. The van der Waals surface area contributed by atoms with Gasteiger partial charge in [-0.05, 0) is 24.6 Å². The molecule has 0 N–H and O–H groups in total. The highest BCUT2D eigenvalue weighted by atomic mass is 32.2. The third-order valence-electron chi connectivity index (χ3n) is 2.51. The molecule has 2 heterocycles. The number of thiazole rings is 1. The van der Waals surface area contributed by atoms with Gasteiger partial charge in [-0.1, -0.05) is 0 Å². The minimum Gasteiger partial charge on any atom is -0.461 e. The standard InChI is InChI=1S/C11H12F3NO3S2/c12-11(13,14)19-5-4-18-10(16)8-6-15-9(20-8)7-2-1-3-17-7/h6-7H,1-5H2. The van der Waals surface area contributed by atoms with Crippen molar-refractivity contribution in [3.05, 3.63) is 16.1 Å². The molecule has 0 saturated carbocycles. The molecule has 9 heteroatoms. The van der Waals surface area contributed by atoms with Crippen molar-refractivity contribution in [2.24, 2.45) is 0 Å². The third kappa shape index (κ3) is 4.64. The Morgan fingerprint density at radius 3 is 3.05 bits per heavy atom. The predicted octanol–water partition coefficient (Wildman–Crippen LogP) is 3.40. The van der Waals surface area contributed by atoms with Crippen LogP contribution in [0, 0.1) is 0 Å². The second-order valence-corrected chi connectivity index (χ2v) is 6.22. The largest absolute Gasteiger partial charge is 0.461 e. The number of thioether (sulfide) groups is 1. The molecule has 0 radical (unpaired) electrons. The van der Waals surface area contributed by atoms with Gasteiger partial charge >= 0.3 is 11.5 Å². The zero-order valence-corrected chi connectivity index (χ0v) is 11.9. The van der Waals surface area contributed by atoms with Crippen molar-refractivity contribution in [1.29, 1.82) is 0 Å². The van der Waals surface area contributed by atoms with Gasteiger partial charge in [-0.3, -0.25) is 0 Å². The van der Waals surface area contributed by atoms with Gasteiger partial charge in [0, 0.05) is 12.4 Å². The summed E-state index contributed by atoms with van der Waals surface area (Å²) in [6, 6.07) is 0. The summed E-state index contributed by atoms with van der Waals surface area (Å²) in [6.45, 7) is 0.398. The monoisotopic (exact) mass is 327 g/mol. The second-order valence-electron chi connectivity index (χ2n) is 3.99. The SMILES string of the molecule is O=C(OCCSC(F)(F)F)c1cnc(C2CCCO2)s1. The van der Waals surface area contributed by atoms with Crippen molar-refractivity contribution in [3.63, 3.8) is 0 Å². The van der Waals surface area contributed by atoms with Crippen molar-refractivity contribution < 1.29 is 27.4 Å². The van der Waals surface area contributed by atoms with E-state index in [1.807, 2.05) is 0 Å². The summed E-state index contributed by atoms with van der Waals surface area (Å²) in [6.07, 6.45) is 3.12. The summed E-state index contributed by atoms with van der Waals surface area (Å²) in [4.78, 5) is 16.0. The van der Waals surface area contributed by atoms with Crippen LogP contribution in [0.15, 0.2) is 6.20 Å². The number of hydrogen-bond donors (Lipinski definition) is 0. The summed E-state index contributed by atoms with van der Waals surface area (Å²) in [5.41, 5.74) is -4.30. The summed E-state index contributed by atoms with van der Waals surface area (Å²) in [5.74, 6) is -0.957. The molecule has 1 aliphatic rings. The van der Waals surface area contributed by atoms with E-state index in [0.29, 0.717) is 11.6 Å². The molecule has 1 atom stereocenters. The zero-order chi connectivity index (χ0) is 14.6. The van der Waals surface area contributed by atoms with Crippen molar-refractivity contribution in [3.8, 4) is 0 Å². The Hall–Kier alpha value is -0.800. The Morgan fingerprint density at radius 2 is 2.40 bits per heavy atom. The van der Waals surface area contributed by atoms with Gasteiger partial charge in [-0.25, -0.2) is 9.78 Å².